The highest BCUT2D eigenvalue weighted by Crippen LogP contribution is 2.45. The number of ether oxygens (including phenoxy) is 2. The third-order valence-electron chi connectivity index (χ3n) is 4.83. The summed E-state index contributed by atoms with van der Waals surface area (Å²) in [4.78, 5) is 15.5. The Kier molecular flexibility index (Phi) is 4.78. The Labute approximate surface area is 143 Å². The summed E-state index contributed by atoms with van der Waals surface area (Å²) in [6.07, 6.45) is 4.90. The van der Waals surface area contributed by atoms with Gasteiger partial charge >= 0.3 is 5.97 Å². The van der Waals surface area contributed by atoms with Crippen molar-refractivity contribution in [3.63, 3.8) is 0 Å². The normalized spacial score (nSPS) is 31.4. The number of nitrogens with one attached hydrogen (secondary N) is 1. The predicted molar refractivity (Wildman–Crippen MR) is 86.2 cm³/mol. The fourth-order valence-corrected chi connectivity index (χ4v) is 4.10. The second-order valence-electron chi connectivity index (χ2n) is 6.38. The Hall–Kier alpha value is -0.960. The number of nitrogens with zero attached hydrogens (tertiary/aromatic N) is 2. The van der Waals surface area contributed by atoms with Gasteiger partial charge in [0.25, 0.3) is 0 Å². The van der Waals surface area contributed by atoms with Crippen LogP contribution < -0.4 is 5.32 Å². The van der Waals surface area contributed by atoms with Gasteiger partial charge < -0.3 is 24.5 Å². The summed E-state index contributed by atoms with van der Waals surface area (Å²) in [5, 5.41) is 12.4. The fraction of sp³-hybridized carbons (Fsp3) is 0.733. The molecule has 1 aliphatic heterocycles. The van der Waals surface area contributed by atoms with Crippen LogP contribution in [-0.2, 0) is 26.9 Å². The largest absolute Gasteiger partial charge is 0.480 e. The molecule has 1 saturated heterocycles. The van der Waals surface area contributed by atoms with Crippen molar-refractivity contribution in [2.45, 2.75) is 36.9 Å². The van der Waals surface area contributed by atoms with Crippen LogP contribution in [0.5, 0.6) is 0 Å². The first-order chi connectivity index (χ1) is 10.9. The number of carbonyl (C=O) groups is 1. The van der Waals surface area contributed by atoms with E-state index < -0.39 is 11.6 Å². The molecule has 2 fully saturated rings. The molecule has 8 heteroatoms. The second kappa shape index (κ2) is 6.51. The predicted octanol–water partition coefficient (Wildman–Crippen LogP) is 1.41. The lowest BCUT2D eigenvalue weighted by molar-refractivity contribution is -0.170. The quantitative estimate of drug-likeness (QED) is 0.812. The molecule has 7 nitrogen and oxygen atoms in total. The molecule has 0 radical (unpaired) electrons. The third kappa shape index (κ3) is 3.45. The van der Waals surface area contributed by atoms with Gasteiger partial charge in [0.05, 0.1) is 12.2 Å². The lowest BCUT2D eigenvalue weighted by Gasteiger charge is -2.47. The third-order valence-corrected chi connectivity index (χ3v) is 5.21. The van der Waals surface area contributed by atoms with E-state index in [2.05, 4.69) is 26.2 Å². The van der Waals surface area contributed by atoms with Crippen LogP contribution in [0.3, 0.4) is 0 Å². The molecule has 0 amide bonds. The van der Waals surface area contributed by atoms with Crippen LogP contribution in [0.25, 0.3) is 0 Å². The van der Waals surface area contributed by atoms with Crippen molar-refractivity contribution >= 4 is 21.9 Å². The van der Waals surface area contributed by atoms with Crippen LogP contribution in [0.2, 0.25) is 0 Å². The summed E-state index contributed by atoms with van der Waals surface area (Å²) in [6.45, 7) is 2.12. The number of aliphatic carboxylic acids is 1. The number of halogens is 1. The highest BCUT2D eigenvalue weighted by Gasteiger charge is 2.48. The maximum atomic E-state index is 11.0. The first-order valence-electron chi connectivity index (χ1n) is 7.85. The van der Waals surface area contributed by atoms with Gasteiger partial charge in [-0.15, -0.1) is 0 Å². The summed E-state index contributed by atoms with van der Waals surface area (Å²) in [5.74, 6) is -0.197. The lowest BCUT2D eigenvalue weighted by atomic mass is 9.74. The van der Waals surface area contributed by atoms with Gasteiger partial charge in [-0.1, -0.05) is 0 Å². The maximum absolute atomic E-state index is 11.0. The minimum atomic E-state index is -0.964. The summed E-state index contributed by atoms with van der Waals surface area (Å²) < 4.78 is 14.5. The number of hydrogen-bond donors (Lipinski definition) is 2. The van der Waals surface area contributed by atoms with Gasteiger partial charge in [0, 0.05) is 26.3 Å². The average Bonchev–Trinajstić information content (AvgIpc) is 2.87. The van der Waals surface area contributed by atoms with Crippen LogP contribution in [0.4, 0.5) is 0 Å². The van der Waals surface area contributed by atoms with E-state index in [0.29, 0.717) is 12.8 Å². The summed E-state index contributed by atoms with van der Waals surface area (Å²) in [6, 6.07) is 0. The van der Waals surface area contributed by atoms with Crippen LogP contribution in [0, 0.1) is 0 Å². The van der Waals surface area contributed by atoms with Gasteiger partial charge in [0.1, 0.15) is 22.6 Å². The number of aromatic nitrogens is 2. The molecule has 2 heterocycles. The topological polar surface area (TPSA) is 85.6 Å². The number of carboxylic acids is 1. The number of morpholine rings is 1. The molecule has 0 unspecified atom stereocenters. The van der Waals surface area contributed by atoms with Crippen molar-refractivity contribution in [3.05, 3.63) is 16.6 Å². The van der Waals surface area contributed by atoms with Crippen molar-refractivity contribution < 1.29 is 19.4 Å². The van der Waals surface area contributed by atoms with Crippen molar-refractivity contribution in [1.29, 1.82) is 0 Å². The molecule has 128 valence electrons. The zero-order valence-electron chi connectivity index (χ0n) is 13.2. The molecule has 1 aliphatic carbocycles. The smallest absolute Gasteiger partial charge is 0.329 e. The molecule has 1 spiro atoms. The van der Waals surface area contributed by atoms with E-state index in [1.54, 1.807) is 0 Å². The second-order valence-corrected chi connectivity index (χ2v) is 7.20. The van der Waals surface area contributed by atoms with Crippen molar-refractivity contribution in [3.8, 4) is 0 Å². The number of carboxylic acid groups (broad SMARTS) is 1. The van der Waals surface area contributed by atoms with E-state index >= 15 is 0 Å². The van der Waals surface area contributed by atoms with E-state index in [-0.39, 0.29) is 12.2 Å². The van der Waals surface area contributed by atoms with Crippen LogP contribution in [-0.4, -0.2) is 52.5 Å². The minimum Gasteiger partial charge on any atom is -0.480 e. The molecule has 23 heavy (non-hydrogen) atoms. The molecule has 0 aromatic carbocycles. The van der Waals surface area contributed by atoms with Crippen molar-refractivity contribution in [1.82, 2.24) is 14.9 Å². The Morgan fingerprint density at radius 2 is 2.26 bits per heavy atom. The van der Waals surface area contributed by atoms with Crippen LogP contribution in [0.1, 0.15) is 31.5 Å². The SMILES string of the molecule is Cn1cc(Br)nc1C1(OCC(=O)O)CCC2(CC1)CNCCO2. The highest BCUT2D eigenvalue weighted by molar-refractivity contribution is 9.10. The van der Waals surface area contributed by atoms with Gasteiger partial charge in [-0.2, -0.15) is 0 Å². The molecule has 1 aromatic rings. The average molecular weight is 388 g/mol. The molecular formula is C15H22BrN3O4. The number of hydrogen-bond acceptors (Lipinski definition) is 5. The first-order valence-corrected chi connectivity index (χ1v) is 8.64. The molecule has 1 saturated carbocycles. The van der Waals surface area contributed by atoms with Crippen LogP contribution in [0.15, 0.2) is 10.8 Å². The maximum Gasteiger partial charge on any atom is 0.329 e. The van der Waals surface area contributed by atoms with Gasteiger partial charge in [0.15, 0.2) is 0 Å². The van der Waals surface area contributed by atoms with Crippen molar-refractivity contribution in [2.24, 2.45) is 7.05 Å². The van der Waals surface area contributed by atoms with E-state index in [1.165, 1.54) is 0 Å². The van der Waals surface area contributed by atoms with Crippen LogP contribution >= 0.6 is 15.9 Å². The Balaban J connectivity index is 1.83. The monoisotopic (exact) mass is 387 g/mol. The van der Waals surface area contributed by atoms with Gasteiger partial charge in [-0.25, -0.2) is 9.78 Å². The Morgan fingerprint density at radius 1 is 1.52 bits per heavy atom. The summed E-state index contributed by atoms with van der Waals surface area (Å²) >= 11 is 3.39. The molecule has 2 N–H and O–H groups in total. The molecule has 3 rings (SSSR count). The number of rotatable bonds is 4. The minimum absolute atomic E-state index is 0.156. The molecule has 0 atom stereocenters. The Morgan fingerprint density at radius 3 is 2.78 bits per heavy atom. The Bertz CT molecular complexity index is 573. The lowest BCUT2D eigenvalue weighted by Crippen LogP contribution is -2.54. The molecule has 0 bridgehead atoms. The van der Waals surface area contributed by atoms with E-state index in [0.717, 1.165) is 43.0 Å². The first kappa shape index (κ1) is 16.9. The van der Waals surface area contributed by atoms with E-state index in [9.17, 15) is 4.79 Å². The highest BCUT2D eigenvalue weighted by atomic mass is 79.9. The standard InChI is InChI=1S/C15H22BrN3O4/c1-19-8-11(16)18-13(19)15(23-9-12(20)21)4-2-14(3-5-15)10-17-6-7-22-14/h8,17H,2-7,9-10H2,1H3,(H,20,21). The number of imidazole rings is 1. The number of aryl methyl sites for hydroxylation is 1. The van der Waals surface area contributed by atoms with E-state index in [4.69, 9.17) is 14.6 Å². The van der Waals surface area contributed by atoms with Gasteiger partial charge in [-0.3, -0.25) is 0 Å². The van der Waals surface area contributed by atoms with Gasteiger partial charge in [-0.05, 0) is 41.6 Å². The molecule has 2 aliphatic rings. The zero-order valence-corrected chi connectivity index (χ0v) is 14.8. The summed E-state index contributed by atoms with van der Waals surface area (Å²) in [5.41, 5.74) is -0.831. The van der Waals surface area contributed by atoms with Crippen molar-refractivity contribution in [2.75, 3.05) is 26.3 Å². The van der Waals surface area contributed by atoms with Gasteiger partial charge in [0.2, 0.25) is 0 Å². The fourth-order valence-electron chi connectivity index (χ4n) is 3.62. The van der Waals surface area contributed by atoms with E-state index in [1.807, 2.05) is 17.8 Å². The summed E-state index contributed by atoms with van der Waals surface area (Å²) in [7, 11) is 1.90. The zero-order chi connectivity index (χ0) is 16.5. The molecule has 1 aromatic heterocycles. The molecular weight excluding hydrogens is 366 g/mol.